The van der Waals surface area contributed by atoms with Crippen LogP contribution in [0.3, 0.4) is 0 Å². The van der Waals surface area contributed by atoms with E-state index in [0.29, 0.717) is 16.8 Å². The highest BCUT2D eigenvalue weighted by molar-refractivity contribution is 6.32. The number of hydrogen-bond donors (Lipinski definition) is 3. The summed E-state index contributed by atoms with van der Waals surface area (Å²) < 4.78 is 0. The lowest BCUT2D eigenvalue weighted by molar-refractivity contribution is -0.122. The fraction of sp³-hybridized carbons (Fsp3) is 0.522. The maximum absolute atomic E-state index is 11.8. The predicted molar refractivity (Wildman–Crippen MR) is 125 cm³/mol. The van der Waals surface area contributed by atoms with E-state index in [1.54, 1.807) is 6.20 Å². The Morgan fingerprint density at radius 3 is 2.77 bits per heavy atom. The van der Waals surface area contributed by atoms with Gasteiger partial charge in [0.05, 0.1) is 12.1 Å². The van der Waals surface area contributed by atoms with Crippen molar-refractivity contribution in [2.24, 2.45) is 11.7 Å². The van der Waals surface area contributed by atoms with Crippen molar-refractivity contribution in [3.63, 3.8) is 0 Å². The Bertz CT molecular complexity index is 936. The van der Waals surface area contributed by atoms with Gasteiger partial charge in [-0.3, -0.25) is 4.79 Å². The lowest BCUT2D eigenvalue weighted by Gasteiger charge is -2.30. The van der Waals surface area contributed by atoms with Gasteiger partial charge < -0.3 is 21.3 Å². The van der Waals surface area contributed by atoms with E-state index in [0.717, 1.165) is 63.8 Å². The second kappa shape index (κ2) is 9.83. The zero-order chi connectivity index (χ0) is 21.8. The molecule has 1 fully saturated rings. The summed E-state index contributed by atoms with van der Waals surface area (Å²) in [6.07, 6.45) is 7.45. The first-order valence-corrected chi connectivity index (χ1v) is 11.6. The lowest BCUT2D eigenvalue weighted by atomic mass is 9.84. The van der Waals surface area contributed by atoms with E-state index in [-0.39, 0.29) is 17.9 Å². The first-order valence-electron chi connectivity index (χ1n) is 11.2. The SMILES string of the molecule is CCN1CCc2ccc(Nc3ncc(Cl)c(N[C@H]4CCCC[C@@H]4C(N)=O)n3)cc2CC1. The van der Waals surface area contributed by atoms with Crippen molar-refractivity contribution in [2.45, 2.75) is 51.5 Å². The summed E-state index contributed by atoms with van der Waals surface area (Å²) in [5, 5.41) is 7.09. The Kier molecular flexibility index (Phi) is 6.92. The van der Waals surface area contributed by atoms with Gasteiger partial charge in [-0.05, 0) is 55.5 Å². The quantitative estimate of drug-likeness (QED) is 0.630. The second-order valence-electron chi connectivity index (χ2n) is 8.48. The number of amides is 1. The highest BCUT2D eigenvalue weighted by atomic mass is 35.5. The molecule has 1 aromatic heterocycles. The number of nitrogens with one attached hydrogen (secondary N) is 2. The maximum Gasteiger partial charge on any atom is 0.229 e. The van der Waals surface area contributed by atoms with Crippen molar-refractivity contribution >= 4 is 35.0 Å². The van der Waals surface area contributed by atoms with Crippen LogP contribution >= 0.6 is 11.6 Å². The van der Waals surface area contributed by atoms with E-state index in [2.05, 4.69) is 50.6 Å². The van der Waals surface area contributed by atoms with Gasteiger partial charge in [-0.2, -0.15) is 4.98 Å². The minimum atomic E-state index is -0.271. The molecule has 0 unspecified atom stereocenters. The number of likely N-dealkylation sites (N-methyl/N-ethyl adjacent to an activating group) is 1. The topological polar surface area (TPSA) is 96.2 Å². The van der Waals surface area contributed by atoms with Crippen LogP contribution in [0.5, 0.6) is 0 Å². The zero-order valence-electron chi connectivity index (χ0n) is 18.0. The van der Waals surface area contributed by atoms with E-state index in [4.69, 9.17) is 17.3 Å². The molecule has 166 valence electrons. The molecule has 7 nitrogen and oxygen atoms in total. The van der Waals surface area contributed by atoms with Crippen LogP contribution in [0.25, 0.3) is 0 Å². The van der Waals surface area contributed by atoms with Gasteiger partial charge in [0.2, 0.25) is 11.9 Å². The van der Waals surface area contributed by atoms with Gasteiger partial charge in [0.15, 0.2) is 5.82 Å². The third-order valence-electron chi connectivity index (χ3n) is 6.50. The normalized spacial score (nSPS) is 21.7. The molecule has 0 spiro atoms. The summed E-state index contributed by atoms with van der Waals surface area (Å²) in [7, 11) is 0. The van der Waals surface area contributed by atoms with Crippen LogP contribution in [0, 0.1) is 5.92 Å². The Morgan fingerprint density at radius 2 is 2.00 bits per heavy atom. The molecule has 1 saturated carbocycles. The van der Waals surface area contributed by atoms with Gasteiger partial charge in [-0.1, -0.05) is 37.4 Å². The Morgan fingerprint density at radius 1 is 1.23 bits per heavy atom. The number of primary amides is 1. The molecule has 4 rings (SSSR count). The number of anilines is 3. The van der Waals surface area contributed by atoms with Gasteiger partial charge in [0, 0.05) is 24.8 Å². The number of rotatable bonds is 6. The van der Waals surface area contributed by atoms with E-state index in [9.17, 15) is 4.79 Å². The van der Waals surface area contributed by atoms with Gasteiger partial charge in [-0.25, -0.2) is 4.98 Å². The van der Waals surface area contributed by atoms with Crippen LogP contribution in [-0.4, -0.2) is 46.5 Å². The fourth-order valence-corrected chi connectivity index (χ4v) is 4.79. The molecule has 4 N–H and O–H groups in total. The third kappa shape index (κ3) is 5.28. The summed E-state index contributed by atoms with van der Waals surface area (Å²) in [6.45, 7) is 5.50. The number of nitrogens with two attached hydrogens (primary N) is 1. The summed E-state index contributed by atoms with van der Waals surface area (Å²) in [4.78, 5) is 23.2. The first kappa shape index (κ1) is 21.8. The number of fused-ring (bicyclic) bond motifs is 1. The minimum absolute atomic E-state index is 0.0551. The lowest BCUT2D eigenvalue weighted by Crippen LogP contribution is -2.40. The number of carbonyl (C=O) groups excluding carboxylic acids is 1. The van der Waals surface area contributed by atoms with Crippen molar-refractivity contribution in [1.82, 2.24) is 14.9 Å². The molecule has 8 heteroatoms. The Labute approximate surface area is 188 Å². The summed E-state index contributed by atoms with van der Waals surface area (Å²) in [6, 6.07) is 6.42. The number of carbonyl (C=O) groups is 1. The first-order chi connectivity index (χ1) is 15.0. The Hall–Kier alpha value is -2.38. The van der Waals surface area contributed by atoms with Crippen LogP contribution < -0.4 is 16.4 Å². The van der Waals surface area contributed by atoms with Gasteiger partial charge in [-0.15, -0.1) is 0 Å². The van der Waals surface area contributed by atoms with Gasteiger partial charge in [0.1, 0.15) is 5.02 Å². The third-order valence-corrected chi connectivity index (χ3v) is 6.78. The minimum Gasteiger partial charge on any atom is -0.369 e. The zero-order valence-corrected chi connectivity index (χ0v) is 18.8. The maximum atomic E-state index is 11.8. The second-order valence-corrected chi connectivity index (χ2v) is 8.88. The molecular formula is C23H31ClN6O. The molecule has 1 aromatic carbocycles. The molecule has 2 atom stereocenters. The van der Waals surface area contributed by atoms with E-state index < -0.39 is 0 Å². The van der Waals surface area contributed by atoms with Crippen molar-refractivity contribution in [2.75, 3.05) is 30.3 Å². The molecule has 1 amide bonds. The highest BCUT2D eigenvalue weighted by Crippen LogP contribution is 2.30. The standard InChI is InChI=1S/C23H31ClN6O/c1-2-30-11-9-15-7-8-17(13-16(15)10-12-30)27-23-26-14-19(24)22(29-23)28-20-6-4-3-5-18(20)21(25)31/h7-8,13-14,18,20H,2-6,9-12H2,1H3,(H2,25,31)(H2,26,27,28,29)/t18-,20-/m0/s1. The summed E-state index contributed by atoms with van der Waals surface area (Å²) >= 11 is 6.35. The molecule has 1 aliphatic carbocycles. The number of benzene rings is 1. The molecule has 0 bridgehead atoms. The molecule has 1 aliphatic heterocycles. The summed E-state index contributed by atoms with van der Waals surface area (Å²) in [5.74, 6) is 0.531. The van der Waals surface area contributed by atoms with Gasteiger partial charge in [0.25, 0.3) is 0 Å². The average molecular weight is 443 g/mol. The molecule has 31 heavy (non-hydrogen) atoms. The highest BCUT2D eigenvalue weighted by Gasteiger charge is 2.30. The molecular weight excluding hydrogens is 412 g/mol. The monoisotopic (exact) mass is 442 g/mol. The van der Waals surface area contributed by atoms with Crippen LogP contribution in [0.2, 0.25) is 5.02 Å². The molecule has 2 aromatic rings. The van der Waals surface area contributed by atoms with Crippen molar-refractivity contribution in [3.8, 4) is 0 Å². The number of nitrogens with zero attached hydrogens (tertiary/aromatic N) is 3. The van der Waals surface area contributed by atoms with Crippen molar-refractivity contribution in [1.29, 1.82) is 0 Å². The average Bonchev–Trinajstić information content (AvgIpc) is 2.98. The van der Waals surface area contributed by atoms with Crippen LogP contribution in [0.15, 0.2) is 24.4 Å². The molecule has 0 saturated heterocycles. The number of halogens is 1. The van der Waals surface area contributed by atoms with Crippen LogP contribution in [0.4, 0.5) is 17.5 Å². The Balaban J connectivity index is 1.49. The molecule has 0 radical (unpaired) electrons. The fourth-order valence-electron chi connectivity index (χ4n) is 4.64. The van der Waals surface area contributed by atoms with Crippen molar-refractivity contribution in [3.05, 3.63) is 40.5 Å². The largest absolute Gasteiger partial charge is 0.369 e. The van der Waals surface area contributed by atoms with Crippen molar-refractivity contribution < 1.29 is 4.79 Å². The van der Waals surface area contributed by atoms with Crippen LogP contribution in [-0.2, 0) is 17.6 Å². The number of aromatic nitrogens is 2. The van der Waals surface area contributed by atoms with Gasteiger partial charge >= 0.3 is 0 Å². The summed E-state index contributed by atoms with van der Waals surface area (Å²) in [5.41, 5.74) is 9.36. The van der Waals surface area contributed by atoms with Crippen LogP contribution in [0.1, 0.15) is 43.7 Å². The van der Waals surface area contributed by atoms with E-state index >= 15 is 0 Å². The van der Waals surface area contributed by atoms with E-state index in [1.807, 2.05) is 0 Å². The molecule has 2 aliphatic rings. The smallest absolute Gasteiger partial charge is 0.229 e. The molecule has 2 heterocycles. The number of hydrogen-bond acceptors (Lipinski definition) is 6. The predicted octanol–water partition coefficient (Wildman–Crippen LogP) is 3.75. The van der Waals surface area contributed by atoms with E-state index in [1.165, 1.54) is 11.1 Å².